The number of aromatic nitrogens is 2. The number of hydrogen-bond donors (Lipinski definition) is 2. The first-order chi connectivity index (χ1) is 11.6. The Morgan fingerprint density at radius 2 is 2.04 bits per heavy atom. The molecule has 0 radical (unpaired) electrons. The molecule has 2 unspecified atom stereocenters. The van der Waals surface area contributed by atoms with E-state index in [1.807, 2.05) is 28.9 Å². The Kier molecular flexibility index (Phi) is 4.22. The smallest absolute Gasteiger partial charge is 0.223 e. The van der Waals surface area contributed by atoms with Gasteiger partial charge in [-0.2, -0.15) is 0 Å². The number of carbonyl (C=O) groups excluding carboxylic acids is 1. The predicted octanol–water partition coefficient (Wildman–Crippen LogP) is 2.76. The maximum Gasteiger partial charge on any atom is 0.223 e. The van der Waals surface area contributed by atoms with E-state index in [9.17, 15) is 4.79 Å². The van der Waals surface area contributed by atoms with Crippen LogP contribution < -0.4 is 11.1 Å². The van der Waals surface area contributed by atoms with Crippen molar-refractivity contribution in [2.45, 2.75) is 44.7 Å². The van der Waals surface area contributed by atoms with Gasteiger partial charge in [-0.15, -0.1) is 0 Å². The van der Waals surface area contributed by atoms with E-state index in [1.165, 1.54) is 19.3 Å². The molecule has 2 saturated carbocycles. The lowest BCUT2D eigenvalue weighted by molar-refractivity contribution is -0.128. The van der Waals surface area contributed by atoms with Crippen molar-refractivity contribution in [3.05, 3.63) is 35.2 Å². The third-order valence-corrected chi connectivity index (χ3v) is 5.92. The van der Waals surface area contributed by atoms with Gasteiger partial charge in [0.15, 0.2) is 0 Å². The summed E-state index contributed by atoms with van der Waals surface area (Å²) < 4.78 is 1.88. The second-order valence-corrected chi connectivity index (χ2v) is 7.70. The van der Waals surface area contributed by atoms with Crippen molar-refractivity contribution < 1.29 is 4.79 Å². The third-order valence-electron chi connectivity index (χ3n) is 5.69. The fourth-order valence-corrected chi connectivity index (χ4v) is 4.60. The lowest BCUT2D eigenvalue weighted by Crippen LogP contribution is -2.49. The molecule has 2 bridgehead atoms. The summed E-state index contributed by atoms with van der Waals surface area (Å²) in [4.78, 5) is 17.1. The average Bonchev–Trinajstić information content (AvgIpc) is 2.94. The average molecular weight is 347 g/mol. The lowest BCUT2D eigenvalue weighted by atomic mass is 9.65. The minimum Gasteiger partial charge on any atom is -0.350 e. The van der Waals surface area contributed by atoms with Crippen molar-refractivity contribution in [1.29, 1.82) is 0 Å². The Bertz CT molecular complexity index is 745. The number of pyridine rings is 1. The largest absolute Gasteiger partial charge is 0.350 e. The zero-order chi connectivity index (χ0) is 16.7. The molecule has 2 atom stereocenters. The van der Waals surface area contributed by atoms with Crippen LogP contribution in [0.1, 0.15) is 37.8 Å². The van der Waals surface area contributed by atoms with E-state index in [4.69, 9.17) is 17.3 Å². The number of nitrogens with zero attached hydrogens (tertiary/aromatic N) is 2. The highest BCUT2D eigenvalue weighted by Gasteiger charge is 2.40. The SMILES string of the molecule is NC1C2CCCC1CC(C(=O)NCc1cn3cc(Cl)ccc3n1)C2. The highest BCUT2D eigenvalue weighted by atomic mass is 35.5. The second kappa shape index (κ2) is 6.37. The molecule has 0 saturated heterocycles. The van der Waals surface area contributed by atoms with Gasteiger partial charge in [0, 0.05) is 24.4 Å². The summed E-state index contributed by atoms with van der Waals surface area (Å²) in [5.74, 6) is 1.29. The summed E-state index contributed by atoms with van der Waals surface area (Å²) in [5, 5.41) is 3.73. The van der Waals surface area contributed by atoms with Gasteiger partial charge in [0.1, 0.15) is 5.65 Å². The molecule has 6 heteroatoms. The molecule has 0 aromatic carbocycles. The van der Waals surface area contributed by atoms with E-state index in [-0.39, 0.29) is 11.8 Å². The first-order valence-corrected chi connectivity index (χ1v) is 9.14. The van der Waals surface area contributed by atoms with Gasteiger partial charge in [0.2, 0.25) is 5.91 Å². The van der Waals surface area contributed by atoms with Crippen LogP contribution >= 0.6 is 11.6 Å². The topological polar surface area (TPSA) is 72.4 Å². The van der Waals surface area contributed by atoms with Gasteiger partial charge in [-0.05, 0) is 49.7 Å². The summed E-state index contributed by atoms with van der Waals surface area (Å²) in [6.45, 7) is 0.454. The number of fused-ring (bicyclic) bond motifs is 3. The molecular formula is C18H23ClN4O. The summed E-state index contributed by atoms with van der Waals surface area (Å²) in [6, 6.07) is 3.99. The first-order valence-electron chi connectivity index (χ1n) is 8.76. The van der Waals surface area contributed by atoms with Gasteiger partial charge < -0.3 is 15.5 Å². The van der Waals surface area contributed by atoms with Crippen molar-refractivity contribution in [1.82, 2.24) is 14.7 Å². The van der Waals surface area contributed by atoms with Crippen LogP contribution in [0.25, 0.3) is 5.65 Å². The maximum atomic E-state index is 12.6. The number of amides is 1. The maximum absolute atomic E-state index is 12.6. The molecule has 128 valence electrons. The predicted molar refractivity (Wildman–Crippen MR) is 93.6 cm³/mol. The van der Waals surface area contributed by atoms with Crippen molar-refractivity contribution in [2.75, 3.05) is 0 Å². The summed E-state index contributed by atoms with van der Waals surface area (Å²) in [5.41, 5.74) is 7.99. The Labute approximate surface area is 146 Å². The normalized spacial score (nSPS) is 29.6. The monoisotopic (exact) mass is 346 g/mol. The van der Waals surface area contributed by atoms with Crippen LogP contribution in [0.15, 0.2) is 24.5 Å². The van der Waals surface area contributed by atoms with Crippen LogP contribution in [0.4, 0.5) is 0 Å². The molecule has 3 N–H and O–H groups in total. The van der Waals surface area contributed by atoms with Crippen molar-refractivity contribution >= 4 is 23.2 Å². The van der Waals surface area contributed by atoms with Crippen molar-refractivity contribution in [3.63, 3.8) is 0 Å². The number of nitrogens with two attached hydrogens (primary N) is 1. The molecule has 2 aromatic rings. The van der Waals surface area contributed by atoms with E-state index in [2.05, 4.69) is 10.3 Å². The van der Waals surface area contributed by atoms with Crippen molar-refractivity contribution in [3.8, 4) is 0 Å². The van der Waals surface area contributed by atoms with E-state index in [0.717, 1.165) is 24.2 Å². The fraction of sp³-hybridized carbons (Fsp3) is 0.556. The first kappa shape index (κ1) is 15.9. The van der Waals surface area contributed by atoms with Gasteiger partial charge in [0.25, 0.3) is 0 Å². The van der Waals surface area contributed by atoms with Gasteiger partial charge in [-0.3, -0.25) is 4.79 Å². The second-order valence-electron chi connectivity index (χ2n) is 7.26. The molecule has 0 aliphatic heterocycles. The Balaban J connectivity index is 1.39. The molecule has 2 aromatic heterocycles. The molecule has 5 nitrogen and oxygen atoms in total. The van der Waals surface area contributed by atoms with Gasteiger partial charge in [-0.25, -0.2) is 4.98 Å². The van der Waals surface area contributed by atoms with E-state index in [1.54, 1.807) is 0 Å². The molecule has 2 aliphatic rings. The van der Waals surface area contributed by atoms with E-state index >= 15 is 0 Å². The Hall–Kier alpha value is -1.59. The highest BCUT2D eigenvalue weighted by Crippen LogP contribution is 2.41. The van der Waals surface area contributed by atoms with Crippen LogP contribution in [0, 0.1) is 17.8 Å². The molecule has 2 aliphatic carbocycles. The number of nitrogens with one attached hydrogen (secondary N) is 1. The van der Waals surface area contributed by atoms with Crippen LogP contribution in [-0.4, -0.2) is 21.3 Å². The molecule has 0 spiro atoms. The summed E-state index contributed by atoms with van der Waals surface area (Å²) >= 11 is 5.99. The number of imidazole rings is 1. The zero-order valence-corrected chi connectivity index (χ0v) is 14.4. The summed E-state index contributed by atoms with van der Waals surface area (Å²) in [7, 11) is 0. The third kappa shape index (κ3) is 3.03. The lowest BCUT2D eigenvalue weighted by Gasteiger charge is -2.43. The molecule has 1 amide bonds. The molecule has 2 fully saturated rings. The number of hydrogen-bond acceptors (Lipinski definition) is 3. The molecule has 2 heterocycles. The minimum absolute atomic E-state index is 0.103. The Morgan fingerprint density at radius 1 is 1.29 bits per heavy atom. The minimum atomic E-state index is 0.103. The molecule has 24 heavy (non-hydrogen) atoms. The van der Waals surface area contributed by atoms with E-state index in [0.29, 0.717) is 29.4 Å². The number of carbonyl (C=O) groups is 1. The van der Waals surface area contributed by atoms with Crippen LogP contribution in [0.3, 0.4) is 0 Å². The highest BCUT2D eigenvalue weighted by molar-refractivity contribution is 6.30. The van der Waals surface area contributed by atoms with Crippen LogP contribution in [-0.2, 0) is 11.3 Å². The Morgan fingerprint density at radius 3 is 2.79 bits per heavy atom. The van der Waals surface area contributed by atoms with Gasteiger partial charge >= 0.3 is 0 Å². The van der Waals surface area contributed by atoms with E-state index < -0.39 is 0 Å². The zero-order valence-electron chi connectivity index (χ0n) is 13.6. The number of rotatable bonds is 3. The van der Waals surface area contributed by atoms with Crippen molar-refractivity contribution in [2.24, 2.45) is 23.5 Å². The summed E-state index contributed by atoms with van der Waals surface area (Å²) in [6.07, 6.45) is 9.21. The number of halogens is 1. The standard InChI is InChI=1S/C18H23ClN4O/c19-14-4-5-16-22-15(10-23(16)9-14)8-21-18(24)13-6-11-2-1-3-12(7-13)17(11)20/h4-5,9-13,17H,1-3,6-8,20H2,(H,21,24). The quantitative estimate of drug-likeness (QED) is 0.897. The molecular weight excluding hydrogens is 324 g/mol. The van der Waals surface area contributed by atoms with Gasteiger partial charge in [0.05, 0.1) is 17.3 Å². The van der Waals surface area contributed by atoms with Gasteiger partial charge in [-0.1, -0.05) is 18.0 Å². The van der Waals surface area contributed by atoms with Crippen LogP contribution in [0.5, 0.6) is 0 Å². The molecule has 4 rings (SSSR count). The fourth-order valence-electron chi connectivity index (χ4n) is 4.43. The van der Waals surface area contributed by atoms with Crippen LogP contribution in [0.2, 0.25) is 5.02 Å².